The number of hydrogen-bond acceptors (Lipinski definition) is 2. The molecule has 3 aliphatic carbocycles. The van der Waals surface area contributed by atoms with Crippen LogP contribution in [0.4, 0.5) is 0 Å². The van der Waals surface area contributed by atoms with E-state index in [1.165, 1.54) is 56.9 Å². The lowest BCUT2D eigenvalue weighted by atomic mass is 9.60. The Morgan fingerprint density at radius 2 is 1.90 bits per heavy atom. The normalized spacial score (nSPS) is 38.4. The number of allylic oxidation sites excluding steroid dienone is 4. The highest BCUT2D eigenvalue weighted by Crippen LogP contribution is 2.60. The van der Waals surface area contributed by atoms with Crippen molar-refractivity contribution in [2.45, 2.75) is 104 Å². The van der Waals surface area contributed by atoms with Gasteiger partial charge in [-0.1, -0.05) is 76.8 Å². The van der Waals surface area contributed by atoms with Gasteiger partial charge in [0, 0.05) is 20.0 Å². The molecule has 0 amide bonds. The molecule has 2 heteroatoms. The summed E-state index contributed by atoms with van der Waals surface area (Å²) in [7, 11) is 1.61. The highest BCUT2D eigenvalue weighted by atomic mass is 16.6. The largest absolute Gasteiger partial charge is 0.365 e. The van der Waals surface area contributed by atoms with E-state index in [-0.39, 0.29) is 0 Å². The predicted molar refractivity (Wildman–Crippen MR) is 127 cm³/mol. The van der Waals surface area contributed by atoms with Crippen LogP contribution in [-0.2, 0) is 4.74 Å². The predicted octanol–water partition coefficient (Wildman–Crippen LogP) is 7.59. The van der Waals surface area contributed by atoms with Crippen LogP contribution in [0, 0.1) is 29.1 Å². The highest BCUT2D eigenvalue weighted by Gasteiger charge is 2.50. The maximum Gasteiger partial charge on any atom is 0.169 e. The van der Waals surface area contributed by atoms with Crippen molar-refractivity contribution in [1.82, 2.24) is 0 Å². The van der Waals surface area contributed by atoms with Crippen molar-refractivity contribution in [2.24, 2.45) is 29.1 Å². The number of hydrogen-bond donors (Lipinski definition) is 1. The topological polar surface area (TPSA) is 29.5 Å². The Kier molecular flexibility index (Phi) is 7.72. The zero-order valence-corrected chi connectivity index (χ0v) is 20.3. The molecule has 0 heterocycles. The van der Waals surface area contributed by atoms with Gasteiger partial charge in [-0.2, -0.15) is 0 Å². The third-order valence-electron chi connectivity index (χ3n) is 8.78. The van der Waals surface area contributed by atoms with Gasteiger partial charge in [0.25, 0.3) is 0 Å². The summed E-state index contributed by atoms with van der Waals surface area (Å²) in [6.45, 7) is 14.1. The van der Waals surface area contributed by atoms with E-state index in [0.29, 0.717) is 18.3 Å². The van der Waals surface area contributed by atoms with Gasteiger partial charge in [-0.05, 0) is 73.2 Å². The average Bonchev–Trinajstić information content (AvgIpc) is 3.06. The van der Waals surface area contributed by atoms with Crippen molar-refractivity contribution in [3.63, 3.8) is 0 Å². The number of methoxy groups -OCH3 is 1. The van der Waals surface area contributed by atoms with Crippen LogP contribution in [0.5, 0.6) is 0 Å². The zero-order chi connectivity index (χ0) is 21.9. The fraction of sp³-hybridized carbons (Fsp3) is 0.786. The summed E-state index contributed by atoms with van der Waals surface area (Å²) in [6, 6.07) is 0. The second kappa shape index (κ2) is 9.74. The van der Waals surface area contributed by atoms with Gasteiger partial charge in [-0.3, -0.25) is 0 Å². The Bertz CT molecular complexity index is 672. The maximum absolute atomic E-state index is 10.6. The molecule has 5 atom stereocenters. The molecule has 30 heavy (non-hydrogen) atoms. The Morgan fingerprint density at radius 1 is 1.13 bits per heavy atom. The second-order valence-corrected chi connectivity index (χ2v) is 11.3. The molecule has 0 aliphatic heterocycles. The van der Waals surface area contributed by atoms with Crippen LogP contribution in [-0.4, -0.2) is 18.0 Å². The summed E-state index contributed by atoms with van der Waals surface area (Å²) < 4.78 is 5.37. The molecular formula is C28H46O2. The minimum absolute atomic E-state index is 0.469. The minimum Gasteiger partial charge on any atom is -0.365 e. The molecule has 170 valence electrons. The van der Waals surface area contributed by atoms with Crippen molar-refractivity contribution in [2.75, 3.05) is 7.11 Å². The molecule has 0 bridgehead atoms. The molecular weight excluding hydrogens is 368 g/mol. The van der Waals surface area contributed by atoms with Crippen LogP contribution in [0.3, 0.4) is 0 Å². The molecule has 0 saturated heterocycles. The molecule has 0 radical (unpaired) electrons. The monoisotopic (exact) mass is 414 g/mol. The molecule has 1 unspecified atom stereocenters. The first kappa shape index (κ1) is 23.8. The van der Waals surface area contributed by atoms with E-state index in [1.54, 1.807) is 12.7 Å². The first-order chi connectivity index (χ1) is 14.2. The number of rotatable bonds is 7. The van der Waals surface area contributed by atoms with Crippen molar-refractivity contribution >= 4 is 0 Å². The quantitative estimate of drug-likeness (QED) is 0.435. The van der Waals surface area contributed by atoms with Gasteiger partial charge in [0.05, 0.1) is 0 Å². The number of fused-ring (bicyclic) bond motifs is 1. The van der Waals surface area contributed by atoms with E-state index >= 15 is 0 Å². The SMILES string of the molecule is C=C1CC[C@@](O)(OC)C/C1=C/C=C1CCC[C@@]2(C)C1CC[C@@H]2[C@H](C)CCCC(C)C. The Balaban J connectivity index is 1.72. The summed E-state index contributed by atoms with van der Waals surface area (Å²) in [5.74, 6) is 2.25. The molecule has 0 aromatic carbocycles. The van der Waals surface area contributed by atoms with Crippen LogP contribution in [0.2, 0.25) is 0 Å². The van der Waals surface area contributed by atoms with E-state index in [2.05, 4.69) is 46.4 Å². The Morgan fingerprint density at radius 3 is 2.60 bits per heavy atom. The first-order valence-electron chi connectivity index (χ1n) is 12.5. The zero-order valence-electron chi connectivity index (χ0n) is 20.3. The number of ether oxygens (including phenoxy) is 1. The van der Waals surface area contributed by atoms with Crippen molar-refractivity contribution in [3.05, 3.63) is 35.5 Å². The molecule has 3 aliphatic rings. The van der Waals surface area contributed by atoms with Crippen LogP contribution < -0.4 is 0 Å². The van der Waals surface area contributed by atoms with Crippen molar-refractivity contribution in [1.29, 1.82) is 0 Å². The molecule has 3 rings (SSSR count). The summed E-state index contributed by atoms with van der Waals surface area (Å²) in [5, 5.41) is 10.6. The lowest BCUT2D eigenvalue weighted by Gasteiger charge is -2.44. The van der Waals surface area contributed by atoms with Crippen molar-refractivity contribution in [3.8, 4) is 0 Å². The van der Waals surface area contributed by atoms with Crippen LogP contribution in [0.15, 0.2) is 35.5 Å². The van der Waals surface area contributed by atoms with E-state index < -0.39 is 5.79 Å². The van der Waals surface area contributed by atoms with Crippen molar-refractivity contribution < 1.29 is 9.84 Å². The van der Waals surface area contributed by atoms with Gasteiger partial charge in [0.2, 0.25) is 0 Å². The van der Waals surface area contributed by atoms with Gasteiger partial charge in [0.1, 0.15) is 0 Å². The summed E-state index contributed by atoms with van der Waals surface area (Å²) in [4.78, 5) is 0. The van der Waals surface area contributed by atoms with Crippen LogP contribution >= 0.6 is 0 Å². The summed E-state index contributed by atoms with van der Waals surface area (Å²) in [6.07, 6.45) is 17.5. The molecule has 0 aromatic heterocycles. The molecule has 2 nitrogen and oxygen atoms in total. The van der Waals surface area contributed by atoms with Crippen LogP contribution in [0.25, 0.3) is 0 Å². The lowest BCUT2D eigenvalue weighted by molar-refractivity contribution is -0.191. The third kappa shape index (κ3) is 5.13. The third-order valence-corrected chi connectivity index (χ3v) is 8.78. The Labute approximate surface area is 185 Å². The van der Waals surface area contributed by atoms with Gasteiger partial charge in [0.15, 0.2) is 5.79 Å². The molecule has 0 spiro atoms. The Hall–Kier alpha value is -0.860. The second-order valence-electron chi connectivity index (χ2n) is 11.3. The molecule has 0 aromatic rings. The fourth-order valence-corrected chi connectivity index (χ4v) is 6.84. The fourth-order valence-electron chi connectivity index (χ4n) is 6.84. The van der Waals surface area contributed by atoms with E-state index in [0.717, 1.165) is 35.7 Å². The van der Waals surface area contributed by atoms with Gasteiger partial charge in [-0.15, -0.1) is 0 Å². The van der Waals surface area contributed by atoms with Gasteiger partial charge < -0.3 is 9.84 Å². The molecule has 3 saturated carbocycles. The molecule has 3 fully saturated rings. The minimum atomic E-state index is -1.02. The first-order valence-corrected chi connectivity index (χ1v) is 12.5. The van der Waals surface area contributed by atoms with E-state index in [4.69, 9.17) is 4.74 Å². The van der Waals surface area contributed by atoms with Crippen LogP contribution in [0.1, 0.15) is 98.3 Å². The highest BCUT2D eigenvalue weighted by molar-refractivity contribution is 5.37. The smallest absolute Gasteiger partial charge is 0.169 e. The molecule has 1 N–H and O–H groups in total. The standard InChI is InChI=1S/C28H46O2/c1-20(2)9-7-10-22(4)25-14-15-26-23(11-8-17-27(25,26)5)12-13-24-19-28(29,30-6)18-16-21(24)3/h12-13,20,22,25-26,29H,3,7-11,14-19H2,1-2,4-6H3/b23-12?,24-13-/t22-,25-,26?,27-,28-/m1/s1. The van der Waals surface area contributed by atoms with Gasteiger partial charge >= 0.3 is 0 Å². The summed E-state index contributed by atoms with van der Waals surface area (Å²) in [5.41, 5.74) is 4.45. The number of aliphatic hydroxyl groups is 1. The lowest BCUT2D eigenvalue weighted by Crippen LogP contribution is -2.36. The van der Waals surface area contributed by atoms with Gasteiger partial charge in [-0.25, -0.2) is 0 Å². The average molecular weight is 415 g/mol. The maximum atomic E-state index is 10.6. The van der Waals surface area contributed by atoms with E-state index in [1.807, 2.05) is 0 Å². The summed E-state index contributed by atoms with van der Waals surface area (Å²) >= 11 is 0. The van der Waals surface area contributed by atoms with E-state index in [9.17, 15) is 5.11 Å².